The van der Waals surface area contributed by atoms with Crippen molar-refractivity contribution in [3.8, 4) is 5.75 Å². The third-order valence-electron chi connectivity index (χ3n) is 4.25. The smallest absolute Gasteiger partial charge is 0.159 e. The molecule has 2 aromatic rings. The van der Waals surface area contributed by atoms with Gasteiger partial charge in [0, 0.05) is 5.56 Å². The summed E-state index contributed by atoms with van der Waals surface area (Å²) in [5, 5.41) is 0. The zero-order chi connectivity index (χ0) is 19.2. The van der Waals surface area contributed by atoms with Crippen molar-refractivity contribution >= 4 is 5.78 Å². The van der Waals surface area contributed by atoms with Crippen LogP contribution in [-0.4, -0.2) is 12.4 Å². The fourth-order valence-corrected chi connectivity index (χ4v) is 2.50. The van der Waals surface area contributed by atoms with E-state index in [1.54, 1.807) is 6.92 Å². The molecule has 26 heavy (non-hydrogen) atoms. The Kier molecular flexibility index (Phi) is 11.1. The number of carbonyl (C=O) groups excluding carboxylic acids is 1. The van der Waals surface area contributed by atoms with Crippen LogP contribution in [0.15, 0.2) is 48.5 Å². The van der Waals surface area contributed by atoms with Gasteiger partial charge in [-0.3, -0.25) is 4.79 Å². The highest BCUT2D eigenvalue weighted by molar-refractivity contribution is 5.94. The highest BCUT2D eigenvalue weighted by Crippen LogP contribution is 2.13. The van der Waals surface area contributed by atoms with Gasteiger partial charge in [-0.15, -0.1) is 0 Å². The Morgan fingerprint density at radius 3 is 1.77 bits per heavy atom. The Labute approximate surface area is 159 Å². The normalized spacial score (nSPS) is 10.0. The summed E-state index contributed by atoms with van der Waals surface area (Å²) < 4.78 is 5.64. The molecule has 0 amide bonds. The summed E-state index contributed by atoms with van der Waals surface area (Å²) in [5.74, 6) is 0.950. The molecule has 0 N–H and O–H groups in total. The second-order valence-electron chi connectivity index (χ2n) is 6.85. The van der Waals surface area contributed by atoms with Crippen molar-refractivity contribution in [1.29, 1.82) is 0 Å². The molecule has 2 rings (SSSR count). The van der Waals surface area contributed by atoms with Gasteiger partial charge in [0.05, 0.1) is 6.61 Å². The van der Waals surface area contributed by atoms with Crippen molar-refractivity contribution in [1.82, 2.24) is 0 Å². The van der Waals surface area contributed by atoms with Gasteiger partial charge in [0.25, 0.3) is 0 Å². The lowest BCUT2D eigenvalue weighted by atomic mass is 10.1. The molecule has 0 aliphatic rings. The molecule has 0 unspecified atom stereocenters. The molecule has 0 fully saturated rings. The summed E-state index contributed by atoms with van der Waals surface area (Å²) in [6, 6.07) is 15.9. The lowest BCUT2D eigenvalue weighted by Gasteiger charge is -2.06. The number of benzene rings is 2. The van der Waals surface area contributed by atoms with E-state index in [4.69, 9.17) is 4.74 Å². The van der Waals surface area contributed by atoms with E-state index in [2.05, 4.69) is 45.0 Å². The van der Waals surface area contributed by atoms with Crippen molar-refractivity contribution in [2.24, 2.45) is 0 Å². The zero-order valence-corrected chi connectivity index (χ0v) is 16.9. The van der Waals surface area contributed by atoms with Gasteiger partial charge in [-0.25, -0.2) is 0 Å². The molecule has 2 aromatic carbocycles. The number of hydrogen-bond acceptors (Lipinski definition) is 2. The van der Waals surface area contributed by atoms with E-state index in [0.29, 0.717) is 0 Å². The molecule has 142 valence electrons. The first kappa shape index (κ1) is 22.0. The van der Waals surface area contributed by atoms with Crippen LogP contribution < -0.4 is 4.74 Å². The first-order valence-corrected chi connectivity index (χ1v) is 9.80. The minimum Gasteiger partial charge on any atom is -0.494 e. The number of carbonyl (C=O) groups is 1. The van der Waals surface area contributed by atoms with Gasteiger partial charge in [-0.05, 0) is 51.5 Å². The fraction of sp³-hybridized carbons (Fsp3) is 0.458. The fourth-order valence-electron chi connectivity index (χ4n) is 2.50. The molecule has 0 atom stereocenters. The van der Waals surface area contributed by atoms with Crippen LogP contribution in [0.4, 0.5) is 0 Å². The van der Waals surface area contributed by atoms with Crippen LogP contribution in [-0.2, 0) is 0 Å². The van der Waals surface area contributed by atoms with Crippen molar-refractivity contribution in [2.75, 3.05) is 6.61 Å². The summed E-state index contributed by atoms with van der Waals surface area (Å²) in [6.07, 6.45) is 7.63. The number of Topliss-reactive ketones (excluding diaryl/α,β-unsaturated/α-hetero) is 1. The predicted molar refractivity (Wildman–Crippen MR) is 111 cm³/mol. The van der Waals surface area contributed by atoms with Crippen LogP contribution in [0.2, 0.25) is 0 Å². The topological polar surface area (TPSA) is 26.3 Å². The summed E-state index contributed by atoms with van der Waals surface area (Å²) >= 11 is 0. The minimum atomic E-state index is 0.0949. The first-order chi connectivity index (χ1) is 12.5. The number of hydrogen-bond donors (Lipinski definition) is 0. The molecule has 0 aromatic heterocycles. The molecule has 2 nitrogen and oxygen atoms in total. The molecule has 0 aliphatic heterocycles. The van der Waals surface area contributed by atoms with Gasteiger partial charge in [0.2, 0.25) is 0 Å². The highest BCUT2D eigenvalue weighted by atomic mass is 16.5. The standard InChI is InChI=1S/C16H24O2.C8H10/c1-3-4-5-6-7-8-13-18-16-11-9-15(10-12-16)14(2)17;1-7-3-5-8(2)6-4-7/h9-12H,3-8,13H2,1-2H3;3-6H,1-2H3. The Morgan fingerprint density at radius 2 is 1.27 bits per heavy atom. The summed E-state index contributed by atoms with van der Waals surface area (Å²) in [6.45, 7) is 8.77. The number of ketones is 1. The molecule has 0 aliphatic carbocycles. The van der Waals surface area contributed by atoms with Crippen LogP contribution in [0.5, 0.6) is 5.75 Å². The van der Waals surface area contributed by atoms with E-state index in [-0.39, 0.29) is 5.78 Å². The summed E-state index contributed by atoms with van der Waals surface area (Å²) in [4.78, 5) is 11.1. The van der Waals surface area contributed by atoms with Crippen LogP contribution in [0.3, 0.4) is 0 Å². The molecule has 0 spiro atoms. The van der Waals surface area contributed by atoms with E-state index in [1.165, 1.54) is 43.2 Å². The van der Waals surface area contributed by atoms with Crippen molar-refractivity contribution in [2.45, 2.75) is 66.2 Å². The Bertz CT molecular complexity index is 591. The third-order valence-corrected chi connectivity index (χ3v) is 4.25. The molecular formula is C24H34O2. The van der Waals surface area contributed by atoms with E-state index in [1.807, 2.05) is 24.3 Å². The molecule has 0 radical (unpaired) electrons. The van der Waals surface area contributed by atoms with E-state index < -0.39 is 0 Å². The van der Waals surface area contributed by atoms with Crippen LogP contribution in [0.1, 0.15) is 73.9 Å². The van der Waals surface area contributed by atoms with Crippen LogP contribution in [0.25, 0.3) is 0 Å². The highest BCUT2D eigenvalue weighted by Gasteiger charge is 1.99. The van der Waals surface area contributed by atoms with Crippen molar-refractivity contribution < 1.29 is 9.53 Å². The molecule has 0 saturated carbocycles. The van der Waals surface area contributed by atoms with Crippen LogP contribution in [0, 0.1) is 13.8 Å². The number of aryl methyl sites for hydroxylation is 2. The maximum atomic E-state index is 11.1. The second kappa shape index (κ2) is 13.2. The SMILES string of the molecule is CCCCCCCCOc1ccc(C(C)=O)cc1.Cc1ccc(C)cc1. The molecule has 2 heteroatoms. The zero-order valence-electron chi connectivity index (χ0n) is 16.9. The Morgan fingerprint density at radius 1 is 0.769 bits per heavy atom. The average Bonchev–Trinajstić information content (AvgIpc) is 2.64. The van der Waals surface area contributed by atoms with Crippen molar-refractivity contribution in [3.63, 3.8) is 0 Å². The lowest BCUT2D eigenvalue weighted by molar-refractivity contribution is 0.101. The molecule has 0 bridgehead atoms. The maximum Gasteiger partial charge on any atom is 0.159 e. The Balaban J connectivity index is 0.000000350. The second-order valence-corrected chi connectivity index (χ2v) is 6.85. The maximum absolute atomic E-state index is 11.1. The quantitative estimate of drug-likeness (QED) is 0.360. The van der Waals surface area contributed by atoms with Gasteiger partial charge in [-0.1, -0.05) is 74.4 Å². The molecule has 0 saturated heterocycles. The lowest BCUT2D eigenvalue weighted by Crippen LogP contribution is -1.98. The molecular weight excluding hydrogens is 320 g/mol. The third kappa shape index (κ3) is 10.0. The van der Waals surface area contributed by atoms with Gasteiger partial charge in [0.1, 0.15) is 5.75 Å². The summed E-state index contributed by atoms with van der Waals surface area (Å²) in [5.41, 5.74) is 3.40. The van der Waals surface area contributed by atoms with Gasteiger partial charge >= 0.3 is 0 Å². The van der Waals surface area contributed by atoms with E-state index >= 15 is 0 Å². The van der Waals surface area contributed by atoms with E-state index in [9.17, 15) is 4.79 Å². The number of ether oxygens (including phenoxy) is 1. The largest absolute Gasteiger partial charge is 0.494 e. The molecule has 0 heterocycles. The monoisotopic (exact) mass is 354 g/mol. The van der Waals surface area contributed by atoms with Gasteiger partial charge in [-0.2, -0.15) is 0 Å². The Hall–Kier alpha value is -2.09. The van der Waals surface area contributed by atoms with E-state index in [0.717, 1.165) is 24.3 Å². The van der Waals surface area contributed by atoms with Crippen LogP contribution >= 0.6 is 0 Å². The van der Waals surface area contributed by atoms with Crippen molar-refractivity contribution in [3.05, 3.63) is 65.2 Å². The summed E-state index contributed by atoms with van der Waals surface area (Å²) in [7, 11) is 0. The van der Waals surface area contributed by atoms with Gasteiger partial charge < -0.3 is 4.74 Å². The number of rotatable bonds is 9. The number of unbranched alkanes of at least 4 members (excludes halogenated alkanes) is 5. The van der Waals surface area contributed by atoms with Gasteiger partial charge in [0.15, 0.2) is 5.78 Å². The predicted octanol–water partition coefficient (Wildman–Crippen LogP) is 6.93. The minimum absolute atomic E-state index is 0.0949. The first-order valence-electron chi connectivity index (χ1n) is 9.80. The average molecular weight is 355 g/mol.